The summed E-state index contributed by atoms with van der Waals surface area (Å²) >= 11 is 0. The number of nitrogens with zero attached hydrogens (tertiary/aromatic N) is 1. The SMILES string of the molecule is CC(C)CCN(CCC(C)C)CC(=O)C1CCCCC1. The van der Waals surface area contributed by atoms with Gasteiger partial charge in [-0.15, -0.1) is 0 Å². The minimum absolute atomic E-state index is 0.365. The highest BCUT2D eigenvalue weighted by atomic mass is 16.1. The van der Waals surface area contributed by atoms with Crippen molar-refractivity contribution in [2.75, 3.05) is 19.6 Å². The first-order chi connectivity index (χ1) is 9.49. The third kappa shape index (κ3) is 7.42. The Hall–Kier alpha value is -0.370. The van der Waals surface area contributed by atoms with E-state index in [1.807, 2.05) is 0 Å². The molecule has 1 aliphatic rings. The maximum atomic E-state index is 12.5. The van der Waals surface area contributed by atoms with Gasteiger partial charge in [-0.2, -0.15) is 0 Å². The smallest absolute Gasteiger partial charge is 0.149 e. The Morgan fingerprint density at radius 3 is 1.90 bits per heavy atom. The van der Waals surface area contributed by atoms with Gasteiger partial charge in [0.25, 0.3) is 0 Å². The zero-order valence-corrected chi connectivity index (χ0v) is 14.2. The lowest BCUT2D eigenvalue weighted by molar-refractivity contribution is -0.125. The van der Waals surface area contributed by atoms with Crippen LogP contribution in [0.1, 0.15) is 72.6 Å². The van der Waals surface area contributed by atoms with E-state index in [2.05, 4.69) is 32.6 Å². The van der Waals surface area contributed by atoms with Crippen LogP contribution in [-0.2, 0) is 4.79 Å². The van der Waals surface area contributed by atoms with Gasteiger partial charge in [0.15, 0.2) is 0 Å². The summed E-state index contributed by atoms with van der Waals surface area (Å²) in [6.07, 6.45) is 8.53. The first-order valence-electron chi connectivity index (χ1n) is 8.74. The molecule has 0 heterocycles. The summed E-state index contributed by atoms with van der Waals surface area (Å²) < 4.78 is 0. The molecule has 0 atom stereocenters. The molecule has 0 radical (unpaired) electrons. The lowest BCUT2D eigenvalue weighted by Gasteiger charge is -2.27. The van der Waals surface area contributed by atoms with Crippen LogP contribution >= 0.6 is 0 Å². The van der Waals surface area contributed by atoms with Crippen molar-refractivity contribution in [2.45, 2.75) is 72.6 Å². The number of hydrogen-bond acceptors (Lipinski definition) is 2. The van der Waals surface area contributed by atoms with Crippen molar-refractivity contribution in [3.8, 4) is 0 Å². The van der Waals surface area contributed by atoms with Crippen molar-refractivity contribution in [3.05, 3.63) is 0 Å². The van der Waals surface area contributed by atoms with Crippen LogP contribution in [0, 0.1) is 17.8 Å². The molecule has 1 saturated carbocycles. The first kappa shape index (κ1) is 17.7. The average Bonchev–Trinajstić information content (AvgIpc) is 2.42. The molecular weight excluding hydrogens is 246 g/mol. The molecule has 118 valence electrons. The minimum atomic E-state index is 0.365. The molecule has 0 saturated heterocycles. The van der Waals surface area contributed by atoms with E-state index in [1.165, 1.54) is 32.1 Å². The van der Waals surface area contributed by atoms with Crippen molar-refractivity contribution in [1.82, 2.24) is 4.90 Å². The van der Waals surface area contributed by atoms with Crippen LogP contribution in [0.4, 0.5) is 0 Å². The van der Waals surface area contributed by atoms with Crippen LogP contribution in [0.15, 0.2) is 0 Å². The maximum absolute atomic E-state index is 12.5. The summed E-state index contributed by atoms with van der Waals surface area (Å²) in [4.78, 5) is 14.9. The van der Waals surface area contributed by atoms with Gasteiger partial charge in [0.05, 0.1) is 6.54 Å². The van der Waals surface area contributed by atoms with E-state index in [-0.39, 0.29) is 0 Å². The van der Waals surface area contributed by atoms with Gasteiger partial charge in [0.1, 0.15) is 5.78 Å². The molecule has 1 rings (SSSR count). The third-order valence-corrected chi connectivity index (χ3v) is 4.49. The second kappa shape index (κ2) is 9.55. The van der Waals surface area contributed by atoms with Crippen LogP contribution in [0.3, 0.4) is 0 Å². The number of rotatable bonds is 9. The molecule has 0 spiro atoms. The molecule has 1 fully saturated rings. The number of Topliss-reactive ketones (excluding diaryl/α,β-unsaturated/α-hetero) is 1. The van der Waals surface area contributed by atoms with Gasteiger partial charge >= 0.3 is 0 Å². The molecular formula is C18H35NO. The molecule has 0 aliphatic heterocycles. The summed E-state index contributed by atoms with van der Waals surface area (Å²) in [6.45, 7) is 11.9. The van der Waals surface area contributed by atoms with E-state index in [0.717, 1.165) is 37.8 Å². The summed E-state index contributed by atoms with van der Waals surface area (Å²) in [5, 5.41) is 0. The number of carbonyl (C=O) groups excluding carboxylic acids is 1. The molecule has 0 bridgehead atoms. The maximum Gasteiger partial charge on any atom is 0.149 e. The molecule has 0 aromatic carbocycles. The van der Waals surface area contributed by atoms with E-state index in [1.54, 1.807) is 0 Å². The first-order valence-corrected chi connectivity index (χ1v) is 8.74. The Kier molecular flexibility index (Phi) is 8.44. The monoisotopic (exact) mass is 281 g/mol. The highest BCUT2D eigenvalue weighted by Crippen LogP contribution is 2.24. The van der Waals surface area contributed by atoms with Crippen molar-refractivity contribution in [3.63, 3.8) is 0 Å². The van der Waals surface area contributed by atoms with Crippen molar-refractivity contribution in [1.29, 1.82) is 0 Å². The summed E-state index contributed by atoms with van der Waals surface area (Å²) in [6, 6.07) is 0. The second-order valence-electron chi connectivity index (χ2n) is 7.44. The van der Waals surface area contributed by atoms with Gasteiger partial charge < -0.3 is 0 Å². The van der Waals surface area contributed by atoms with Gasteiger partial charge in [-0.25, -0.2) is 0 Å². The molecule has 0 N–H and O–H groups in total. The van der Waals surface area contributed by atoms with Gasteiger partial charge in [0.2, 0.25) is 0 Å². The molecule has 2 nitrogen and oxygen atoms in total. The topological polar surface area (TPSA) is 20.3 Å². The fraction of sp³-hybridized carbons (Fsp3) is 0.944. The van der Waals surface area contributed by atoms with Crippen LogP contribution < -0.4 is 0 Å². The Bertz CT molecular complexity index is 255. The lowest BCUT2D eigenvalue weighted by atomic mass is 9.86. The van der Waals surface area contributed by atoms with E-state index in [9.17, 15) is 4.79 Å². The molecule has 0 aromatic heterocycles. The molecule has 0 unspecified atom stereocenters. The van der Waals surface area contributed by atoms with Crippen LogP contribution in [0.25, 0.3) is 0 Å². The fourth-order valence-corrected chi connectivity index (χ4v) is 2.93. The van der Waals surface area contributed by atoms with Crippen LogP contribution in [0.2, 0.25) is 0 Å². The summed E-state index contributed by atoms with van der Waals surface area (Å²) in [7, 11) is 0. The van der Waals surface area contributed by atoms with Crippen molar-refractivity contribution < 1.29 is 4.79 Å². The van der Waals surface area contributed by atoms with Gasteiger partial charge in [-0.1, -0.05) is 47.0 Å². The standard InChI is InChI=1S/C18H35NO/c1-15(2)10-12-19(13-11-16(3)4)14-18(20)17-8-6-5-7-9-17/h15-17H,5-14H2,1-4H3. The minimum Gasteiger partial charge on any atom is -0.298 e. The van der Waals surface area contributed by atoms with Crippen molar-refractivity contribution in [2.24, 2.45) is 17.8 Å². The predicted molar refractivity (Wildman–Crippen MR) is 86.9 cm³/mol. The van der Waals surface area contributed by atoms with E-state index in [0.29, 0.717) is 18.2 Å². The van der Waals surface area contributed by atoms with E-state index in [4.69, 9.17) is 0 Å². The number of carbonyl (C=O) groups is 1. The zero-order valence-electron chi connectivity index (χ0n) is 14.2. The Morgan fingerprint density at radius 1 is 0.950 bits per heavy atom. The molecule has 20 heavy (non-hydrogen) atoms. The van der Waals surface area contributed by atoms with E-state index < -0.39 is 0 Å². The second-order valence-corrected chi connectivity index (χ2v) is 7.44. The predicted octanol–water partition coefficient (Wildman–Crippen LogP) is 4.53. The largest absolute Gasteiger partial charge is 0.298 e. The highest BCUT2D eigenvalue weighted by Gasteiger charge is 2.22. The third-order valence-electron chi connectivity index (χ3n) is 4.49. The van der Waals surface area contributed by atoms with Crippen LogP contribution in [-0.4, -0.2) is 30.3 Å². The van der Waals surface area contributed by atoms with Crippen molar-refractivity contribution >= 4 is 5.78 Å². The molecule has 2 heteroatoms. The van der Waals surface area contributed by atoms with Gasteiger partial charge in [0, 0.05) is 5.92 Å². The number of ketones is 1. The van der Waals surface area contributed by atoms with Gasteiger partial charge in [-0.3, -0.25) is 9.69 Å². The zero-order chi connectivity index (χ0) is 15.0. The quantitative estimate of drug-likeness (QED) is 0.619. The number of hydrogen-bond donors (Lipinski definition) is 0. The Morgan fingerprint density at radius 2 is 1.45 bits per heavy atom. The molecule has 0 aromatic rings. The normalized spacial score (nSPS) is 17.4. The highest BCUT2D eigenvalue weighted by molar-refractivity contribution is 5.83. The fourth-order valence-electron chi connectivity index (χ4n) is 2.93. The molecule has 1 aliphatic carbocycles. The molecule has 0 amide bonds. The van der Waals surface area contributed by atoms with Gasteiger partial charge in [-0.05, 0) is 50.6 Å². The average molecular weight is 281 g/mol. The summed E-state index contributed by atoms with van der Waals surface area (Å²) in [5.41, 5.74) is 0. The van der Waals surface area contributed by atoms with Crippen LogP contribution in [0.5, 0.6) is 0 Å². The Balaban J connectivity index is 2.41. The lowest BCUT2D eigenvalue weighted by Crippen LogP contribution is -2.36. The summed E-state index contributed by atoms with van der Waals surface area (Å²) in [5.74, 6) is 2.32. The Labute approximate surface area is 126 Å². The van der Waals surface area contributed by atoms with E-state index >= 15 is 0 Å².